The lowest BCUT2D eigenvalue weighted by atomic mass is 10.1. The molecule has 0 aliphatic heterocycles. The fourth-order valence-corrected chi connectivity index (χ4v) is 2.89. The standard InChI is InChI=1S/C20H25IN2O8/c1-29-17(25)11-9-14(19(27)30-2)22-16(24)10-8-15(20(28)31-3)23-18(26)12-4-6-13(21)7-5-12/h4-7,14-15H,8-11H2,1-3H3,(H,22,24)(H,23,26)/t14-,15-/m0/s1. The molecule has 0 fully saturated rings. The van der Waals surface area contributed by atoms with E-state index in [0.717, 1.165) is 10.7 Å². The van der Waals surface area contributed by atoms with Crippen molar-refractivity contribution in [2.45, 2.75) is 37.8 Å². The van der Waals surface area contributed by atoms with E-state index in [-0.39, 0.29) is 25.7 Å². The first kappa shape index (κ1) is 26.3. The molecule has 0 saturated heterocycles. The Balaban J connectivity index is 2.71. The van der Waals surface area contributed by atoms with Gasteiger partial charge in [0.25, 0.3) is 5.91 Å². The van der Waals surface area contributed by atoms with Gasteiger partial charge >= 0.3 is 17.9 Å². The van der Waals surface area contributed by atoms with E-state index in [9.17, 15) is 24.0 Å². The number of carbonyl (C=O) groups is 5. The van der Waals surface area contributed by atoms with Gasteiger partial charge in [-0.3, -0.25) is 14.4 Å². The van der Waals surface area contributed by atoms with Crippen LogP contribution in [-0.2, 0) is 33.4 Å². The van der Waals surface area contributed by atoms with Crippen molar-refractivity contribution >= 4 is 52.3 Å². The average molecular weight is 548 g/mol. The second-order valence-corrected chi connectivity index (χ2v) is 7.60. The van der Waals surface area contributed by atoms with E-state index in [1.807, 2.05) is 0 Å². The maximum absolute atomic E-state index is 12.4. The van der Waals surface area contributed by atoms with Crippen LogP contribution < -0.4 is 10.6 Å². The highest BCUT2D eigenvalue weighted by Crippen LogP contribution is 2.09. The van der Waals surface area contributed by atoms with Crippen molar-refractivity contribution in [3.05, 3.63) is 33.4 Å². The van der Waals surface area contributed by atoms with Crippen LogP contribution in [0.5, 0.6) is 0 Å². The van der Waals surface area contributed by atoms with Crippen LogP contribution in [0.25, 0.3) is 0 Å². The van der Waals surface area contributed by atoms with Crippen molar-refractivity contribution in [1.82, 2.24) is 10.6 Å². The summed E-state index contributed by atoms with van der Waals surface area (Å²) in [6.07, 6.45) is -0.333. The Bertz CT molecular complexity index is 797. The average Bonchev–Trinajstić information content (AvgIpc) is 2.78. The lowest BCUT2D eigenvalue weighted by Crippen LogP contribution is -2.44. The number of methoxy groups -OCH3 is 3. The molecule has 2 N–H and O–H groups in total. The second kappa shape index (κ2) is 13.6. The van der Waals surface area contributed by atoms with Crippen LogP contribution in [-0.4, -0.2) is 63.1 Å². The van der Waals surface area contributed by atoms with Crippen molar-refractivity contribution in [1.29, 1.82) is 0 Å². The SMILES string of the molecule is COC(=O)CC[C@H](NC(=O)CC[C@H](NC(=O)c1ccc(I)cc1)C(=O)OC)C(=O)OC. The summed E-state index contributed by atoms with van der Waals surface area (Å²) >= 11 is 2.10. The number of ether oxygens (including phenoxy) is 3. The predicted octanol–water partition coefficient (Wildman–Crippen LogP) is 0.954. The summed E-state index contributed by atoms with van der Waals surface area (Å²) in [4.78, 5) is 59.9. The molecule has 0 aromatic heterocycles. The van der Waals surface area contributed by atoms with Gasteiger partial charge in [-0.15, -0.1) is 0 Å². The van der Waals surface area contributed by atoms with Crippen LogP contribution in [0.4, 0.5) is 0 Å². The van der Waals surface area contributed by atoms with Crippen LogP contribution in [0.2, 0.25) is 0 Å². The highest BCUT2D eigenvalue weighted by molar-refractivity contribution is 14.1. The zero-order chi connectivity index (χ0) is 23.4. The Morgan fingerprint density at radius 1 is 0.806 bits per heavy atom. The van der Waals surface area contributed by atoms with Crippen LogP contribution in [0.3, 0.4) is 0 Å². The highest BCUT2D eigenvalue weighted by atomic mass is 127. The lowest BCUT2D eigenvalue weighted by Gasteiger charge is -2.18. The van der Waals surface area contributed by atoms with Gasteiger partial charge < -0.3 is 24.8 Å². The van der Waals surface area contributed by atoms with Gasteiger partial charge in [-0.05, 0) is 59.7 Å². The van der Waals surface area contributed by atoms with E-state index in [0.29, 0.717) is 5.56 Å². The number of rotatable bonds is 11. The Labute approximate surface area is 193 Å². The molecule has 0 radical (unpaired) electrons. The molecule has 0 unspecified atom stereocenters. The molecule has 1 aromatic rings. The molecule has 0 aliphatic carbocycles. The molecule has 170 valence electrons. The molecular weight excluding hydrogens is 523 g/mol. The van der Waals surface area contributed by atoms with Crippen LogP contribution in [0.1, 0.15) is 36.0 Å². The highest BCUT2D eigenvalue weighted by Gasteiger charge is 2.26. The topological polar surface area (TPSA) is 137 Å². The van der Waals surface area contributed by atoms with Gasteiger partial charge in [-0.25, -0.2) is 9.59 Å². The Morgan fingerprint density at radius 3 is 1.84 bits per heavy atom. The van der Waals surface area contributed by atoms with Gasteiger partial charge in [0.15, 0.2) is 0 Å². The van der Waals surface area contributed by atoms with E-state index in [2.05, 4.69) is 42.7 Å². The number of nitrogens with one attached hydrogen (secondary N) is 2. The molecule has 11 heteroatoms. The van der Waals surface area contributed by atoms with Crippen molar-refractivity contribution in [2.24, 2.45) is 0 Å². The Morgan fingerprint density at radius 2 is 1.32 bits per heavy atom. The van der Waals surface area contributed by atoms with Crippen molar-refractivity contribution in [2.75, 3.05) is 21.3 Å². The molecule has 1 rings (SSSR count). The maximum Gasteiger partial charge on any atom is 0.328 e. The zero-order valence-corrected chi connectivity index (χ0v) is 19.6. The smallest absolute Gasteiger partial charge is 0.328 e. The first-order valence-electron chi connectivity index (χ1n) is 9.30. The summed E-state index contributed by atoms with van der Waals surface area (Å²) in [5.74, 6) is -3.00. The lowest BCUT2D eigenvalue weighted by molar-refractivity contribution is -0.147. The van der Waals surface area contributed by atoms with E-state index < -0.39 is 41.8 Å². The molecule has 31 heavy (non-hydrogen) atoms. The third-order valence-corrected chi connectivity index (χ3v) is 4.96. The van der Waals surface area contributed by atoms with Gasteiger partial charge in [-0.1, -0.05) is 0 Å². The third kappa shape index (κ3) is 9.32. The Kier molecular flexibility index (Phi) is 11.5. The van der Waals surface area contributed by atoms with Crippen LogP contribution in [0.15, 0.2) is 24.3 Å². The van der Waals surface area contributed by atoms with Gasteiger partial charge in [0.1, 0.15) is 12.1 Å². The van der Waals surface area contributed by atoms with Gasteiger partial charge in [0.05, 0.1) is 21.3 Å². The van der Waals surface area contributed by atoms with E-state index >= 15 is 0 Å². The molecule has 0 heterocycles. The van der Waals surface area contributed by atoms with E-state index in [1.54, 1.807) is 24.3 Å². The third-order valence-electron chi connectivity index (χ3n) is 4.24. The van der Waals surface area contributed by atoms with Crippen LogP contribution >= 0.6 is 22.6 Å². The summed E-state index contributed by atoms with van der Waals surface area (Å²) in [5.41, 5.74) is 0.354. The molecule has 0 aliphatic rings. The monoisotopic (exact) mass is 548 g/mol. The minimum absolute atomic E-state index is 0.00490. The van der Waals surface area contributed by atoms with Crippen molar-refractivity contribution in [3.63, 3.8) is 0 Å². The molecule has 0 spiro atoms. The fourth-order valence-electron chi connectivity index (χ4n) is 2.53. The summed E-state index contributed by atoms with van der Waals surface area (Å²) in [6, 6.07) is 4.61. The van der Waals surface area contributed by atoms with Crippen LogP contribution in [0, 0.1) is 3.57 Å². The first-order chi connectivity index (χ1) is 14.7. The zero-order valence-electron chi connectivity index (χ0n) is 17.4. The van der Waals surface area contributed by atoms with Crippen molar-refractivity contribution in [3.8, 4) is 0 Å². The van der Waals surface area contributed by atoms with Gasteiger partial charge in [0.2, 0.25) is 5.91 Å². The molecule has 2 atom stereocenters. The van der Waals surface area contributed by atoms with Gasteiger partial charge in [0, 0.05) is 22.0 Å². The molecule has 0 saturated carbocycles. The molecule has 2 amide bonds. The first-order valence-corrected chi connectivity index (χ1v) is 10.4. The number of carbonyl (C=O) groups excluding carboxylic acids is 5. The minimum Gasteiger partial charge on any atom is -0.469 e. The van der Waals surface area contributed by atoms with Crippen molar-refractivity contribution < 1.29 is 38.2 Å². The molecule has 1 aromatic carbocycles. The molecular formula is C20H25IN2O8. The molecule has 10 nitrogen and oxygen atoms in total. The summed E-state index contributed by atoms with van der Waals surface area (Å²) in [7, 11) is 3.55. The number of halogens is 1. The van der Waals surface area contributed by atoms with E-state index in [1.165, 1.54) is 14.2 Å². The largest absolute Gasteiger partial charge is 0.469 e. The number of hydrogen-bond acceptors (Lipinski definition) is 8. The summed E-state index contributed by atoms with van der Waals surface area (Å²) in [5, 5.41) is 5.01. The number of esters is 3. The number of amides is 2. The molecule has 0 bridgehead atoms. The maximum atomic E-state index is 12.4. The second-order valence-electron chi connectivity index (χ2n) is 6.35. The van der Waals surface area contributed by atoms with E-state index in [4.69, 9.17) is 4.74 Å². The summed E-state index contributed by atoms with van der Waals surface area (Å²) in [6.45, 7) is 0. The summed E-state index contributed by atoms with van der Waals surface area (Å²) < 4.78 is 14.8. The Hall–Kier alpha value is -2.70. The normalized spacial score (nSPS) is 12.1. The fraction of sp³-hybridized carbons (Fsp3) is 0.450. The number of benzene rings is 1. The number of hydrogen-bond donors (Lipinski definition) is 2. The quantitative estimate of drug-likeness (QED) is 0.237. The minimum atomic E-state index is -1.06. The van der Waals surface area contributed by atoms with Gasteiger partial charge in [-0.2, -0.15) is 0 Å². The predicted molar refractivity (Wildman–Crippen MR) is 117 cm³/mol.